The molecule has 2 N–H and O–H groups in total. The van der Waals surface area contributed by atoms with Gasteiger partial charge in [0.25, 0.3) is 0 Å². The SMILES string of the molecule is CCCCn1c(C(C)C)nc(-c2cccc(F)c2)c1N. The van der Waals surface area contributed by atoms with Crippen LogP contribution in [0, 0.1) is 5.82 Å². The third-order valence-corrected chi connectivity index (χ3v) is 3.39. The summed E-state index contributed by atoms with van der Waals surface area (Å²) in [5, 5.41) is 0. The van der Waals surface area contributed by atoms with E-state index in [9.17, 15) is 4.39 Å². The third kappa shape index (κ3) is 2.84. The van der Waals surface area contributed by atoms with Crippen molar-refractivity contribution in [3.05, 3.63) is 35.9 Å². The number of halogens is 1. The Hall–Kier alpha value is -1.84. The summed E-state index contributed by atoms with van der Waals surface area (Å²) in [5.74, 6) is 1.62. The van der Waals surface area contributed by atoms with E-state index in [0.29, 0.717) is 11.5 Å². The third-order valence-electron chi connectivity index (χ3n) is 3.39. The first-order valence-electron chi connectivity index (χ1n) is 7.16. The van der Waals surface area contributed by atoms with Gasteiger partial charge in [0.05, 0.1) is 0 Å². The smallest absolute Gasteiger partial charge is 0.131 e. The van der Waals surface area contributed by atoms with Crippen molar-refractivity contribution < 1.29 is 4.39 Å². The number of nitrogen functional groups attached to an aromatic ring is 1. The van der Waals surface area contributed by atoms with Crippen LogP contribution < -0.4 is 5.73 Å². The second-order valence-corrected chi connectivity index (χ2v) is 5.37. The van der Waals surface area contributed by atoms with Crippen LogP contribution in [0.2, 0.25) is 0 Å². The second kappa shape index (κ2) is 6.07. The lowest BCUT2D eigenvalue weighted by Gasteiger charge is -2.11. The Morgan fingerprint density at radius 2 is 2.10 bits per heavy atom. The number of nitrogens with two attached hydrogens (primary N) is 1. The number of hydrogen-bond acceptors (Lipinski definition) is 2. The summed E-state index contributed by atoms with van der Waals surface area (Å²) >= 11 is 0. The van der Waals surface area contributed by atoms with Gasteiger partial charge < -0.3 is 10.3 Å². The molecule has 1 aromatic carbocycles. The summed E-state index contributed by atoms with van der Waals surface area (Å²) in [5.41, 5.74) is 7.66. The monoisotopic (exact) mass is 275 g/mol. The van der Waals surface area contributed by atoms with Crippen LogP contribution in [0.15, 0.2) is 24.3 Å². The molecule has 0 spiro atoms. The first kappa shape index (κ1) is 14.6. The molecule has 0 unspecified atom stereocenters. The van der Waals surface area contributed by atoms with Gasteiger partial charge in [0.2, 0.25) is 0 Å². The molecule has 1 aromatic heterocycles. The molecule has 108 valence electrons. The fourth-order valence-corrected chi connectivity index (χ4v) is 2.32. The van der Waals surface area contributed by atoms with Gasteiger partial charge in [-0.2, -0.15) is 0 Å². The van der Waals surface area contributed by atoms with Crippen molar-refractivity contribution >= 4 is 5.82 Å². The van der Waals surface area contributed by atoms with E-state index in [2.05, 4.69) is 30.3 Å². The number of anilines is 1. The topological polar surface area (TPSA) is 43.8 Å². The second-order valence-electron chi connectivity index (χ2n) is 5.37. The molecule has 2 aromatic rings. The maximum atomic E-state index is 13.4. The highest BCUT2D eigenvalue weighted by molar-refractivity contribution is 5.71. The highest BCUT2D eigenvalue weighted by atomic mass is 19.1. The minimum absolute atomic E-state index is 0.267. The van der Waals surface area contributed by atoms with Crippen LogP contribution in [0.3, 0.4) is 0 Å². The van der Waals surface area contributed by atoms with E-state index in [1.165, 1.54) is 12.1 Å². The highest BCUT2D eigenvalue weighted by Crippen LogP contribution is 2.30. The van der Waals surface area contributed by atoms with Gasteiger partial charge in [-0.3, -0.25) is 0 Å². The molecule has 0 fully saturated rings. The van der Waals surface area contributed by atoms with Crippen LogP contribution in [0.5, 0.6) is 0 Å². The predicted molar refractivity (Wildman–Crippen MR) is 81.0 cm³/mol. The average Bonchev–Trinajstić information content (AvgIpc) is 2.74. The molecule has 0 radical (unpaired) electrons. The van der Waals surface area contributed by atoms with E-state index < -0.39 is 0 Å². The standard InChI is InChI=1S/C16H22FN3/c1-4-5-9-20-15(18)14(19-16(20)11(2)3)12-7-6-8-13(17)10-12/h6-8,10-11H,4-5,9,18H2,1-3H3. The van der Waals surface area contributed by atoms with E-state index in [1.54, 1.807) is 6.07 Å². The lowest BCUT2D eigenvalue weighted by Crippen LogP contribution is -2.08. The van der Waals surface area contributed by atoms with E-state index in [4.69, 9.17) is 5.73 Å². The van der Waals surface area contributed by atoms with Gasteiger partial charge >= 0.3 is 0 Å². The predicted octanol–water partition coefficient (Wildman–Crippen LogP) is 4.19. The molecular formula is C16H22FN3. The zero-order valence-electron chi connectivity index (χ0n) is 12.4. The Morgan fingerprint density at radius 3 is 2.70 bits per heavy atom. The fourth-order valence-electron chi connectivity index (χ4n) is 2.32. The molecule has 0 aliphatic rings. The van der Waals surface area contributed by atoms with Crippen molar-refractivity contribution in [1.82, 2.24) is 9.55 Å². The van der Waals surface area contributed by atoms with Crippen LogP contribution in [-0.4, -0.2) is 9.55 Å². The zero-order chi connectivity index (χ0) is 14.7. The van der Waals surface area contributed by atoms with Gasteiger partial charge in [-0.25, -0.2) is 9.37 Å². The number of aromatic nitrogens is 2. The van der Waals surface area contributed by atoms with Crippen molar-refractivity contribution in [3.63, 3.8) is 0 Å². The van der Waals surface area contributed by atoms with E-state index in [-0.39, 0.29) is 11.7 Å². The summed E-state index contributed by atoms with van der Waals surface area (Å²) in [6.45, 7) is 7.20. The number of imidazole rings is 1. The molecule has 4 heteroatoms. The summed E-state index contributed by atoms with van der Waals surface area (Å²) in [6, 6.07) is 6.43. The van der Waals surface area contributed by atoms with Gasteiger partial charge in [-0.15, -0.1) is 0 Å². The van der Waals surface area contributed by atoms with Crippen LogP contribution in [0.25, 0.3) is 11.3 Å². The molecule has 0 saturated heterocycles. The molecular weight excluding hydrogens is 253 g/mol. The molecule has 1 heterocycles. The normalized spacial score (nSPS) is 11.2. The van der Waals surface area contributed by atoms with Gasteiger partial charge in [0, 0.05) is 18.0 Å². The van der Waals surface area contributed by atoms with Gasteiger partial charge in [0.1, 0.15) is 23.2 Å². The van der Waals surface area contributed by atoms with Crippen molar-refractivity contribution in [3.8, 4) is 11.3 Å². The van der Waals surface area contributed by atoms with Crippen LogP contribution >= 0.6 is 0 Å². The minimum atomic E-state index is -0.267. The van der Waals surface area contributed by atoms with Gasteiger partial charge in [-0.05, 0) is 18.6 Å². The first-order valence-corrected chi connectivity index (χ1v) is 7.16. The van der Waals surface area contributed by atoms with Crippen LogP contribution in [0.4, 0.5) is 10.2 Å². The number of benzene rings is 1. The summed E-state index contributed by atoms with van der Waals surface area (Å²) in [7, 11) is 0. The molecule has 0 atom stereocenters. The quantitative estimate of drug-likeness (QED) is 0.889. The van der Waals surface area contributed by atoms with Crippen molar-refractivity contribution in [1.29, 1.82) is 0 Å². The van der Waals surface area contributed by atoms with Gasteiger partial charge in [0.15, 0.2) is 0 Å². The maximum Gasteiger partial charge on any atom is 0.131 e. The molecule has 20 heavy (non-hydrogen) atoms. The zero-order valence-corrected chi connectivity index (χ0v) is 12.4. The first-order chi connectivity index (χ1) is 9.54. The number of rotatable bonds is 5. The number of nitrogens with zero attached hydrogens (tertiary/aromatic N) is 2. The van der Waals surface area contributed by atoms with Crippen molar-refractivity contribution in [2.24, 2.45) is 0 Å². The number of hydrogen-bond donors (Lipinski definition) is 1. The van der Waals surface area contributed by atoms with Crippen LogP contribution in [-0.2, 0) is 6.54 Å². The number of unbranched alkanes of at least 4 members (excludes halogenated alkanes) is 1. The Bertz CT molecular complexity index is 587. The minimum Gasteiger partial charge on any atom is -0.383 e. The lowest BCUT2D eigenvalue weighted by atomic mass is 10.1. The highest BCUT2D eigenvalue weighted by Gasteiger charge is 2.18. The largest absolute Gasteiger partial charge is 0.383 e. The molecule has 0 amide bonds. The summed E-state index contributed by atoms with van der Waals surface area (Å²) < 4.78 is 15.4. The Balaban J connectivity index is 2.49. The Labute approximate surface area is 119 Å². The van der Waals surface area contributed by atoms with Crippen molar-refractivity contribution in [2.45, 2.75) is 46.1 Å². The lowest BCUT2D eigenvalue weighted by molar-refractivity contribution is 0.588. The van der Waals surface area contributed by atoms with E-state index in [0.717, 1.165) is 30.8 Å². The maximum absolute atomic E-state index is 13.4. The summed E-state index contributed by atoms with van der Waals surface area (Å²) in [4.78, 5) is 4.64. The Kier molecular flexibility index (Phi) is 4.42. The van der Waals surface area contributed by atoms with E-state index in [1.807, 2.05) is 6.07 Å². The molecule has 0 aliphatic heterocycles. The van der Waals surface area contributed by atoms with Crippen LogP contribution in [0.1, 0.15) is 45.4 Å². The molecule has 2 rings (SSSR count). The van der Waals surface area contributed by atoms with Crippen molar-refractivity contribution in [2.75, 3.05) is 5.73 Å². The molecule has 0 bridgehead atoms. The molecule has 0 saturated carbocycles. The van der Waals surface area contributed by atoms with E-state index >= 15 is 0 Å². The molecule has 0 aliphatic carbocycles. The Morgan fingerprint density at radius 1 is 1.35 bits per heavy atom. The average molecular weight is 275 g/mol. The summed E-state index contributed by atoms with van der Waals surface area (Å²) in [6.07, 6.45) is 2.16. The fraction of sp³-hybridized carbons (Fsp3) is 0.438. The molecule has 3 nitrogen and oxygen atoms in total. The van der Waals surface area contributed by atoms with Gasteiger partial charge in [-0.1, -0.05) is 39.3 Å².